The zero-order chi connectivity index (χ0) is 14.2. The first kappa shape index (κ1) is 13.4. The second kappa shape index (κ2) is 5.48. The second-order valence-electron chi connectivity index (χ2n) is 6.18. The number of hydrogen-bond donors (Lipinski definition) is 1. The maximum Gasteiger partial charge on any atom is 0.122 e. The number of rotatable bonds is 2. The number of fused-ring (bicyclic) bond motifs is 1. The van der Waals surface area contributed by atoms with Crippen LogP contribution in [0.25, 0.3) is 0 Å². The highest BCUT2D eigenvalue weighted by atomic mass is 16.5. The summed E-state index contributed by atoms with van der Waals surface area (Å²) < 4.78 is 10.8. The molecule has 5 heteroatoms. The molecular formula is C16H22N2O3. The molecule has 0 radical (unpaired) electrons. The minimum atomic E-state index is -0.372. The van der Waals surface area contributed by atoms with Crippen LogP contribution < -0.4 is 9.64 Å². The highest BCUT2D eigenvalue weighted by molar-refractivity contribution is 5.54. The third-order valence-electron chi connectivity index (χ3n) is 4.75. The molecule has 1 aromatic rings. The molecule has 0 amide bonds. The van der Waals surface area contributed by atoms with E-state index in [1.54, 1.807) is 0 Å². The Hall–Kier alpha value is -1.30. The molecule has 5 nitrogen and oxygen atoms in total. The lowest BCUT2D eigenvalue weighted by Gasteiger charge is -2.43. The van der Waals surface area contributed by atoms with Crippen LogP contribution in [0.1, 0.15) is 5.56 Å². The molecule has 3 aliphatic heterocycles. The highest BCUT2D eigenvalue weighted by Crippen LogP contribution is 2.30. The number of aliphatic hydroxyl groups excluding tert-OH is 1. The van der Waals surface area contributed by atoms with Crippen molar-refractivity contribution in [1.82, 2.24) is 4.90 Å². The predicted octanol–water partition coefficient (Wildman–Crippen LogP) is 0.503. The normalized spacial score (nSPS) is 26.9. The Labute approximate surface area is 125 Å². The van der Waals surface area contributed by atoms with Gasteiger partial charge in [-0.05, 0) is 23.8 Å². The number of benzene rings is 1. The summed E-state index contributed by atoms with van der Waals surface area (Å²) in [6.45, 7) is 6.52. The van der Waals surface area contributed by atoms with Gasteiger partial charge in [0.15, 0.2) is 0 Å². The van der Waals surface area contributed by atoms with Crippen molar-refractivity contribution in [3.8, 4) is 5.75 Å². The lowest BCUT2D eigenvalue weighted by Crippen LogP contribution is -2.56. The Balaban J connectivity index is 1.43. The SMILES string of the molecule is OC1COc2ccc(N3CCN(C4COC4)CC3)cc2C1. The molecule has 0 spiro atoms. The Morgan fingerprint density at radius 1 is 1.05 bits per heavy atom. The first-order valence-corrected chi connectivity index (χ1v) is 7.80. The van der Waals surface area contributed by atoms with Gasteiger partial charge in [0.2, 0.25) is 0 Å². The standard InChI is InChI=1S/C16H22N2O3/c19-15-8-12-7-13(1-2-16(12)21-11-15)17-3-5-18(6-4-17)14-9-20-10-14/h1-2,7,14-15,19H,3-6,8-11H2. The molecule has 2 fully saturated rings. The molecule has 0 bridgehead atoms. The van der Waals surface area contributed by atoms with Crippen LogP contribution in [0.4, 0.5) is 5.69 Å². The minimum absolute atomic E-state index is 0.372. The lowest BCUT2D eigenvalue weighted by atomic mass is 10.0. The van der Waals surface area contributed by atoms with E-state index in [0.717, 1.165) is 50.7 Å². The minimum Gasteiger partial charge on any atom is -0.491 e. The van der Waals surface area contributed by atoms with Crippen LogP contribution in [-0.4, -0.2) is 68.2 Å². The van der Waals surface area contributed by atoms with Gasteiger partial charge in [-0.1, -0.05) is 0 Å². The Kier molecular flexibility index (Phi) is 3.49. The van der Waals surface area contributed by atoms with Crippen molar-refractivity contribution in [2.75, 3.05) is 50.9 Å². The van der Waals surface area contributed by atoms with Crippen LogP contribution in [0.15, 0.2) is 18.2 Å². The van der Waals surface area contributed by atoms with Gasteiger partial charge in [-0.25, -0.2) is 0 Å². The summed E-state index contributed by atoms with van der Waals surface area (Å²) in [6, 6.07) is 7.00. The molecule has 21 heavy (non-hydrogen) atoms. The zero-order valence-electron chi connectivity index (χ0n) is 12.2. The topological polar surface area (TPSA) is 45.2 Å². The van der Waals surface area contributed by atoms with Crippen LogP contribution in [-0.2, 0) is 11.2 Å². The quantitative estimate of drug-likeness (QED) is 0.859. The first-order valence-electron chi connectivity index (χ1n) is 7.80. The predicted molar refractivity (Wildman–Crippen MR) is 80.0 cm³/mol. The monoisotopic (exact) mass is 290 g/mol. The van der Waals surface area contributed by atoms with Gasteiger partial charge in [-0.15, -0.1) is 0 Å². The summed E-state index contributed by atoms with van der Waals surface area (Å²) in [5, 5.41) is 9.73. The summed E-state index contributed by atoms with van der Waals surface area (Å²) in [5.41, 5.74) is 2.37. The average molecular weight is 290 g/mol. The van der Waals surface area contributed by atoms with Gasteiger partial charge < -0.3 is 19.5 Å². The van der Waals surface area contributed by atoms with Gasteiger partial charge in [0.25, 0.3) is 0 Å². The fourth-order valence-electron chi connectivity index (χ4n) is 3.34. The summed E-state index contributed by atoms with van der Waals surface area (Å²) in [5.74, 6) is 0.925. The van der Waals surface area contributed by atoms with E-state index in [1.165, 1.54) is 5.69 Å². The van der Waals surface area contributed by atoms with Crippen molar-refractivity contribution >= 4 is 5.69 Å². The van der Waals surface area contributed by atoms with Crippen molar-refractivity contribution < 1.29 is 14.6 Å². The van der Waals surface area contributed by atoms with Crippen LogP contribution >= 0.6 is 0 Å². The molecule has 4 rings (SSSR count). The van der Waals surface area contributed by atoms with Gasteiger partial charge in [0, 0.05) is 38.3 Å². The molecule has 1 atom stereocenters. The van der Waals surface area contributed by atoms with Gasteiger partial charge in [-0.2, -0.15) is 0 Å². The van der Waals surface area contributed by atoms with Crippen LogP contribution in [0.2, 0.25) is 0 Å². The van der Waals surface area contributed by atoms with E-state index in [0.29, 0.717) is 19.1 Å². The zero-order valence-corrected chi connectivity index (χ0v) is 12.2. The molecule has 3 heterocycles. The molecule has 114 valence electrons. The third-order valence-corrected chi connectivity index (χ3v) is 4.75. The third kappa shape index (κ3) is 2.61. The fraction of sp³-hybridized carbons (Fsp3) is 0.625. The molecule has 0 aromatic heterocycles. The van der Waals surface area contributed by atoms with Crippen molar-refractivity contribution in [1.29, 1.82) is 0 Å². The highest BCUT2D eigenvalue weighted by Gasteiger charge is 2.29. The number of anilines is 1. The van der Waals surface area contributed by atoms with Crippen molar-refractivity contribution in [3.63, 3.8) is 0 Å². The number of ether oxygens (including phenoxy) is 2. The van der Waals surface area contributed by atoms with E-state index in [9.17, 15) is 5.11 Å². The van der Waals surface area contributed by atoms with E-state index in [-0.39, 0.29) is 6.10 Å². The first-order chi connectivity index (χ1) is 10.3. The van der Waals surface area contributed by atoms with Crippen molar-refractivity contribution in [3.05, 3.63) is 23.8 Å². The maximum absolute atomic E-state index is 9.73. The smallest absolute Gasteiger partial charge is 0.122 e. The molecule has 0 saturated carbocycles. The lowest BCUT2D eigenvalue weighted by molar-refractivity contribution is -0.0660. The van der Waals surface area contributed by atoms with Crippen molar-refractivity contribution in [2.24, 2.45) is 0 Å². The number of nitrogens with zero attached hydrogens (tertiary/aromatic N) is 2. The molecule has 1 N–H and O–H groups in total. The summed E-state index contributed by atoms with van der Waals surface area (Å²) in [6.07, 6.45) is 0.325. The van der Waals surface area contributed by atoms with E-state index < -0.39 is 0 Å². The van der Waals surface area contributed by atoms with Crippen molar-refractivity contribution in [2.45, 2.75) is 18.6 Å². The van der Waals surface area contributed by atoms with E-state index in [2.05, 4.69) is 21.9 Å². The van der Waals surface area contributed by atoms with Crippen LogP contribution in [0, 0.1) is 0 Å². The molecule has 1 aromatic carbocycles. The summed E-state index contributed by atoms with van der Waals surface area (Å²) in [7, 11) is 0. The molecule has 3 aliphatic rings. The van der Waals surface area contributed by atoms with E-state index in [4.69, 9.17) is 9.47 Å². The van der Waals surface area contributed by atoms with Gasteiger partial charge >= 0.3 is 0 Å². The molecule has 0 aliphatic carbocycles. The summed E-state index contributed by atoms with van der Waals surface area (Å²) >= 11 is 0. The van der Waals surface area contributed by atoms with Crippen LogP contribution in [0.3, 0.4) is 0 Å². The fourth-order valence-corrected chi connectivity index (χ4v) is 3.34. The van der Waals surface area contributed by atoms with Gasteiger partial charge in [0.05, 0.1) is 25.4 Å². The Morgan fingerprint density at radius 3 is 2.57 bits per heavy atom. The second-order valence-corrected chi connectivity index (χ2v) is 6.18. The number of hydrogen-bond acceptors (Lipinski definition) is 5. The molecular weight excluding hydrogens is 268 g/mol. The molecule has 2 saturated heterocycles. The van der Waals surface area contributed by atoms with Gasteiger partial charge in [0.1, 0.15) is 12.4 Å². The Bertz CT molecular complexity index is 510. The summed E-state index contributed by atoms with van der Waals surface area (Å²) in [4.78, 5) is 4.96. The number of piperazine rings is 1. The van der Waals surface area contributed by atoms with E-state index in [1.807, 2.05) is 6.07 Å². The Morgan fingerprint density at radius 2 is 1.86 bits per heavy atom. The maximum atomic E-state index is 9.73. The number of aliphatic hydroxyl groups is 1. The average Bonchev–Trinajstić information content (AvgIpc) is 2.45. The van der Waals surface area contributed by atoms with E-state index >= 15 is 0 Å². The van der Waals surface area contributed by atoms with Crippen LogP contribution in [0.5, 0.6) is 5.75 Å². The largest absolute Gasteiger partial charge is 0.491 e. The molecule has 1 unspecified atom stereocenters. The van der Waals surface area contributed by atoms with Gasteiger partial charge in [-0.3, -0.25) is 4.90 Å².